The van der Waals surface area contributed by atoms with Crippen molar-refractivity contribution in [2.45, 2.75) is 45.8 Å². The molecule has 1 aliphatic heterocycles. The Morgan fingerprint density at radius 2 is 1.81 bits per heavy atom. The monoisotopic (exact) mass is 365 g/mol. The van der Waals surface area contributed by atoms with Gasteiger partial charge in [-0.05, 0) is 44.9 Å². The second kappa shape index (κ2) is 7.06. The molecule has 0 saturated carbocycles. The van der Waals surface area contributed by atoms with Crippen LogP contribution in [0.1, 0.15) is 50.6 Å². The summed E-state index contributed by atoms with van der Waals surface area (Å²) in [7, 11) is 1.92. The zero-order valence-corrected chi connectivity index (χ0v) is 16.6. The molecule has 1 N–H and O–H groups in total. The van der Waals surface area contributed by atoms with Crippen LogP contribution in [0.3, 0.4) is 0 Å². The Labute approximate surface area is 160 Å². The number of aryl methyl sites for hydroxylation is 1. The molecule has 27 heavy (non-hydrogen) atoms. The first kappa shape index (κ1) is 19.0. The van der Waals surface area contributed by atoms with E-state index < -0.39 is 11.6 Å². The molecule has 0 fully saturated rings. The van der Waals surface area contributed by atoms with E-state index in [1.807, 2.05) is 81.9 Å². The van der Waals surface area contributed by atoms with E-state index in [4.69, 9.17) is 0 Å². The van der Waals surface area contributed by atoms with Gasteiger partial charge < -0.3 is 14.8 Å². The molecule has 0 saturated heterocycles. The molecule has 3 rings (SSSR count). The molecule has 1 aliphatic rings. The third kappa shape index (κ3) is 3.97. The Morgan fingerprint density at radius 3 is 2.44 bits per heavy atom. The van der Waals surface area contributed by atoms with Crippen LogP contribution in [0.5, 0.6) is 0 Å². The number of hydrogen-bond donors (Lipinski definition) is 1. The molecule has 0 radical (unpaired) electrons. The Kier molecular flexibility index (Phi) is 4.96. The third-order valence-electron chi connectivity index (χ3n) is 4.68. The van der Waals surface area contributed by atoms with Crippen molar-refractivity contribution in [3.8, 4) is 0 Å². The number of amides is 2. The number of allylic oxidation sites excluding steroid dienone is 1. The molecule has 1 aromatic carbocycles. The number of fused-ring (bicyclic) bond motifs is 1. The van der Waals surface area contributed by atoms with Gasteiger partial charge in [0.15, 0.2) is 6.04 Å². The van der Waals surface area contributed by atoms with Crippen molar-refractivity contribution in [2.24, 2.45) is 7.05 Å². The van der Waals surface area contributed by atoms with Crippen molar-refractivity contribution in [1.29, 1.82) is 0 Å². The Hall–Kier alpha value is -2.82. The fraction of sp³-hybridized carbons (Fsp3) is 0.364. The van der Waals surface area contributed by atoms with Crippen LogP contribution in [0, 0.1) is 0 Å². The fourth-order valence-electron chi connectivity index (χ4n) is 3.49. The van der Waals surface area contributed by atoms with E-state index in [1.54, 1.807) is 11.0 Å². The smallest absolute Gasteiger partial charge is 0.249 e. The summed E-state index contributed by atoms with van der Waals surface area (Å²) < 4.78 is 1.94. The normalized spacial score (nSPS) is 17.2. The highest BCUT2D eigenvalue weighted by molar-refractivity contribution is 6.00. The molecule has 1 atom stereocenters. The minimum Gasteiger partial charge on any atom is -0.352 e. The van der Waals surface area contributed by atoms with Gasteiger partial charge in [0, 0.05) is 37.0 Å². The summed E-state index contributed by atoms with van der Waals surface area (Å²) in [6, 6.07) is 11.0. The lowest BCUT2D eigenvalue weighted by Gasteiger charge is -2.33. The predicted octanol–water partition coefficient (Wildman–Crippen LogP) is 3.43. The summed E-state index contributed by atoms with van der Waals surface area (Å²) >= 11 is 0. The highest BCUT2D eigenvalue weighted by Gasteiger charge is 2.37. The van der Waals surface area contributed by atoms with E-state index in [1.165, 1.54) is 0 Å². The van der Waals surface area contributed by atoms with E-state index in [9.17, 15) is 9.59 Å². The van der Waals surface area contributed by atoms with Gasteiger partial charge in [0.1, 0.15) is 0 Å². The van der Waals surface area contributed by atoms with Crippen LogP contribution in [0.4, 0.5) is 0 Å². The van der Waals surface area contributed by atoms with Crippen LogP contribution in [-0.2, 0) is 23.2 Å². The van der Waals surface area contributed by atoms with Crippen LogP contribution < -0.4 is 5.32 Å². The van der Waals surface area contributed by atoms with Gasteiger partial charge in [-0.15, -0.1) is 0 Å². The van der Waals surface area contributed by atoms with Crippen LogP contribution >= 0.6 is 0 Å². The first-order chi connectivity index (χ1) is 12.7. The van der Waals surface area contributed by atoms with Gasteiger partial charge in [-0.25, -0.2) is 0 Å². The zero-order valence-electron chi connectivity index (χ0n) is 16.6. The number of nitrogens with zero attached hydrogens (tertiary/aromatic N) is 2. The van der Waals surface area contributed by atoms with Crippen LogP contribution in [0.25, 0.3) is 5.57 Å². The maximum atomic E-state index is 13.3. The maximum absolute atomic E-state index is 13.3. The Balaban J connectivity index is 2.11. The Morgan fingerprint density at radius 1 is 1.15 bits per heavy atom. The molecule has 2 amide bonds. The second-order valence-corrected chi connectivity index (χ2v) is 8.15. The van der Waals surface area contributed by atoms with E-state index in [0.29, 0.717) is 6.54 Å². The molecule has 1 aromatic heterocycles. The molecule has 5 heteroatoms. The second-order valence-electron chi connectivity index (χ2n) is 8.15. The standard InChI is InChI=1S/C22H27N3O2/c1-15-13-18(26)25(14-16-9-7-6-8-10-16)20(21(27)23-22(2,3)4)19-17(15)11-12-24(19)5/h6-13,20H,14H2,1-5H3,(H,23,27). The summed E-state index contributed by atoms with van der Waals surface area (Å²) in [5.74, 6) is -0.320. The molecule has 1 unspecified atom stereocenters. The molecule has 0 aliphatic carbocycles. The summed E-state index contributed by atoms with van der Waals surface area (Å²) in [6.07, 6.45) is 3.57. The number of carbonyl (C=O) groups is 2. The van der Waals surface area contributed by atoms with Crippen molar-refractivity contribution in [3.63, 3.8) is 0 Å². The number of rotatable bonds is 3. The summed E-state index contributed by atoms with van der Waals surface area (Å²) in [6.45, 7) is 8.12. The number of carbonyl (C=O) groups excluding carboxylic acids is 2. The predicted molar refractivity (Wildman–Crippen MR) is 107 cm³/mol. The lowest BCUT2D eigenvalue weighted by molar-refractivity contribution is -0.139. The lowest BCUT2D eigenvalue weighted by Crippen LogP contribution is -2.49. The molecule has 142 valence electrons. The van der Waals surface area contributed by atoms with Gasteiger partial charge in [-0.3, -0.25) is 9.59 Å². The third-order valence-corrected chi connectivity index (χ3v) is 4.68. The number of nitrogens with one attached hydrogen (secondary N) is 1. The van der Waals surface area contributed by atoms with E-state index in [0.717, 1.165) is 22.4 Å². The van der Waals surface area contributed by atoms with Crippen molar-refractivity contribution >= 4 is 17.4 Å². The quantitative estimate of drug-likeness (QED) is 0.906. The first-order valence-corrected chi connectivity index (χ1v) is 9.18. The lowest BCUT2D eigenvalue weighted by atomic mass is 10.0. The van der Waals surface area contributed by atoms with Crippen LogP contribution in [0.2, 0.25) is 0 Å². The van der Waals surface area contributed by atoms with E-state index in [2.05, 4.69) is 5.32 Å². The topological polar surface area (TPSA) is 54.3 Å². The van der Waals surface area contributed by atoms with Gasteiger partial charge in [0.25, 0.3) is 0 Å². The van der Waals surface area contributed by atoms with Gasteiger partial charge in [0.2, 0.25) is 11.8 Å². The minimum absolute atomic E-state index is 0.151. The molecular formula is C22H27N3O2. The highest BCUT2D eigenvalue weighted by atomic mass is 16.2. The van der Waals surface area contributed by atoms with Gasteiger partial charge in [-0.2, -0.15) is 0 Å². The Bertz CT molecular complexity index is 888. The fourth-order valence-corrected chi connectivity index (χ4v) is 3.49. The minimum atomic E-state index is -0.694. The number of aromatic nitrogens is 1. The van der Waals surface area contributed by atoms with Crippen LogP contribution in [0.15, 0.2) is 48.7 Å². The van der Waals surface area contributed by atoms with Crippen molar-refractivity contribution < 1.29 is 9.59 Å². The van der Waals surface area contributed by atoms with E-state index in [-0.39, 0.29) is 11.8 Å². The zero-order chi connectivity index (χ0) is 19.8. The molecule has 2 aromatic rings. The summed E-state index contributed by atoms with van der Waals surface area (Å²) in [5, 5.41) is 3.06. The summed E-state index contributed by atoms with van der Waals surface area (Å²) in [4.78, 5) is 28.0. The van der Waals surface area contributed by atoms with Gasteiger partial charge in [-0.1, -0.05) is 30.3 Å². The van der Waals surface area contributed by atoms with Crippen LogP contribution in [-0.4, -0.2) is 26.8 Å². The number of hydrogen-bond acceptors (Lipinski definition) is 2. The summed E-state index contributed by atoms with van der Waals surface area (Å²) in [5.41, 5.74) is 3.25. The molecule has 2 heterocycles. The molecule has 0 spiro atoms. The SMILES string of the molecule is CC1=CC(=O)N(Cc2ccccc2)C(C(=O)NC(C)(C)C)c2c1ccn2C. The van der Waals surface area contributed by atoms with Crippen molar-refractivity contribution in [1.82, 2.24) is 14.8 Å². The average Bonchev–Trinajstić information content (AvgIpc) is 2.90. The molecule has 0 bridgehead atoms. The largest absolute Gasteiger partial charge is 0.352 e. The maximum Gasteiger partial charge on any atom is 0.249 e. The van der Waals surface area contributed by atoms with Gasteiger partial charge >= 0.3 is 0 Å². The first-order valence-electron chi connectivity index (χ1n) is 9.18. The molecular weight excluding hydrogens is 338 g/mol. The van der Waals surface area contributed by atoms with Crippen molar-refractivity contribution in [2.75, 3.05) is 0 Å². The van der Waals surface area contributed by atoms with Crippen molar-refractivity contribution in [3.05, 3.63) is 65.5 Å². The van der Waals surface area contributed by atoms with Gasteiger partial charge in [0.05, 0.1) is 5.69 Å². The molecule has 5 nitrogen and oxygen atoms in total. The number of benzene rings is 1. The van der Waals surface area contributed by atoms with E-state index >= 15 is 0 Å². The average molecular weight is 365 g/mol. The highest BCUT2D eigenvalue weighted by Crippen LogP contribution is 2.34.